The lowest BCUT2D eigenvalue weighted by molar-refractivity contribution is -0.123. The predicted octanol–water partition coefficient (Wildman–Crippen LogP) is 1.61. The van der Waals surface area contributed by atoms with Crippen molar-refractivity contribution in [1.29, 1.82) is 0 Å². The zero-order chi connectivity index (χ0) is 18.4. The van der Waals surface area contributed by atoms with E-state index in [-0.39, 0.29) is 11.9 Å². The highest BCUT2D eigenvalue weighted by Crippen LogP contribution is 2.28. The molecule has 3 N–H and O–H groups in total. The number of aliphatic hydroxyl groups is 1. The van der Waals surface area contributed by atoms with Gasteiger partial charge in [-0.2, -0.15) is 0 Å². The van der Waals surface area contributed by atoms with E-state index < -0.39 is 6.10 Å². The van der Waals surface area contributed by atoms with Crippen molar-refractivity contribution in [3.63, 3.8) is 0 Å². The minimum Gasteiger partial charge on any atom is -0.493 e. The zero-order valence-electron chi connectivity index (χ0n) is 14.8. The Morgan fingerprint density at radius 2 is 2.00 bits per heavy atom. The average Bonchev–Trinajstić information content (AvgIpc) is 3.12. The molecule has 1 saturated heterocycles. The molecule has 0 unspecified atom stereocenters. The summed E-state index contributed by atoms with van der Waals surface area (Å²) >= 11 is 0. The molecule has 2 atom stereocenters. The normalized spacial score (nSPS) is 19.2. The molecule has 1 aliphatic heterocycles. The Kier molecular flexibility index (Phi) is 6.09. The van der Waals surface area contributed by atoms with Crippen LogP contribution < -0.4 is 20.1 Å². The van der Waals surface area contributed by atoms with Crippen molar-refractivity contribution < 1.29 is 19.4 Å². The SMILES string of the molecule is COc1cc(CNC(=O)[C@@H]2C[C@H](O)CN2)ccc1OCc1ccccc1. The fourth-order valence-electron chi connectivity index (χ4n) is 2.91. The molecule has 1 heterocycles. The quantitative estimate of drug-likeness (QED) is 0.702. The van der Waals surface area contributed by atoms with Crippen molar-refractivity contribution in [3.8, 4) is 11.5 Å². The Hall–Kier alpha value is -2.57. The molecule has 0 aliphatic carbocycles. The number of methoxy groups -OCH3 is 1. The number of aliphatic hydroxyl groups excluding tert-OH is 1. The highest BCUT2D eigenvalue weighted by Gasteiger charge is 2.27. The molecule has 0 saturated carbocycles. The van der Waals surface area contributed by atoms with E-state index in [1.165, 1.54) is 0 Å². The summed E-state index contributed by atoms with van der Waals surface area (Å²) in [4.78, 5) is 12.1. The largest absolute Gasteiger partial charge is 0.493 e. The van der Waals surface area contributed by atoms with E-state index in [0.717, 1.165) is 11.1 Å². The molecular weight excluding hydrogens is 332 g/mol. The summed E-state index contributed by atoms with van der Waals surface area (Å²) in [7, 11) is 1.59. The highest BCUT2D eigenvalue weighted by atomic mass is 16.5. The van der Waals surface area contributed by atoms with Crippen LogP contribution in [0.25, 0.3) is 0 Å². The molecule has 0 aromatic heterocycles. The van der Waals surface area contributed by atoms with Crippen LogP contribution in [0.15, 0.2) is 48.5 Å². The lowest BCUT2D eigenvalue weighted by Crippen LogP contribution is -2.40. The second-order valence-electron chi connectivity index (χ2n) is 6.33. The Labute approximate surface area is 153 Å². The second-order valence-corrected chi connectivity index (χ2v) is 6.33. The molecule has 6 nitrogen and oxygen atoms in total. The molecule has 1 aliphatic rings. The topological polar surface area (TPSA) is 79.8 Å². The number of carbonyl (C=O) groups excluding carboxylic acids is 1. The van der Waals surface area contributed by atoms with E-state index in [9.17, 15) is 9.90 Å². The van der Waals surface area contributed by atoms with Gasteiger partial charge in [0.1, 0.15) is 6.61 Å². The standard InChI is InChI=1S/C20H24N2O4/c1-25-19-9-15(11-22-20(24)17-10-16(23)12-21-17)7-8-18(19)26-13-14-5-3-2-4-6-14/h2-9,16-17,21,23H,10-13H2,1H3,(H,22,24)/t16-,17-/m0/s1. The van der Waals surface area contributed by atoms with Crippen molar-refractivity contribution in [3.05, 3.63) is 59.7 Å². The van der Waals surface area contributed by atoms with Gasteiger partial charge in [-0.05, 0) is 29.7 Å². The van der Waals surface area contributed by atoms with Crippen LogP contribution in [0, 0.1) is 0 Å². The number of hydrogen-bond donors (Lipinski definition) is 3. The van der Waals surface area contributed by atoms with E-state index in [1.807, 2.05) is 48.5 Å². The van der Waals surface area contributed by atoms with Gasteiger partial charge in [-0.15, -0.1) is 0 Å². The monoisotopic (exact) mass is 356 g/mol. The van der Waals surface area contributed by atoms with E-state index in [1.54, 1.807) is 7.11 Å². The molecule has 1 amide bonds. The third-order valence-electron chi connectivity index (χ3n) is 4.36. The summed E-state index contributed by atoms with van der Waals surface area (Å²) in [6, 6.07) is 15.2. The van der Waals surface area contributed by atoms with Gasteiger partial charge in [0, 0.05) is 13.1 Å². The first-order valence-electron chi connectivity index (χ1n) is 8.68. The highest BCUT2D eigenvalue weighted by molar-refractivity contribution is 5.82. The maximum Gasteiger partial charge on any atom is 0.237 e. The summed E-state index contributed by atoms with van der Waals surface area (Å²) in [6.07, 6.45) is -0.00610. The summed E-state index contributed by atoms with van der Waals surface area (Å²) in [5, 5.41) is 15.4. The minimum atomic E-state index is -0.452. The van der Waals surface area contributed by atoms with Gasteiger partial charge in [-0.1, -0.05) is 36.4 Å². The lowest BCUT2D eigenvalue weighted by atomic mass is 10.1. The van der Waals surface area contributed by atoms with Gasteiger partial charge in [0.05, 0.1) is 19.3 Å². The molecule has 0 spiro atoms. The van der Waals surface area contributed by atoms with Crippen LogP contribution in [0.3, 0.4) is 0 Å². The Balaban J connectivity index is 1.56. The van der Waals surface area contributed by atoms with Crippen molar-refractivity contribution in [2.45, 2.75) is 31.7 Å². The first-order chi connectivity index (χ1) is 12.7. The summed E-state index contributed by atoms with van der Waals surface area (Å²) in [6.45, 7) is 1.31. The summed E-state index contributed by atoms with van der Waals surface area (Å²) in [5.41, 5.74) is 2.00. The van der Waals surface area contributed by atoms with Gasteiger partial charge in [0.15, 0.2) is 11.5 Å². The molecule has 6 heteroatoms. The molecule has 0 bridgehead atoms. The van der Waals surface area contributed by atoms with Crippen LogP contribution >= 0.6 is 0 Å². The molecule has 3 rings (SSSR count). The molecule has 1 fully saturated rings. The van der Waals surface area contributed by atoms with Crippen molar-refractivity contribution in [2.24, 2.45) is 0 Å². The number of rotatable bonds is 7. The molecule has 26 heavy (non-hydrogen) atoms. The average molecular weight is 356 g/mol. The second kappa shape index (κ2) is 8.69. The number of benzene rings is 2. The number of carbonyl (C=O) groups is 1. The van der Waals surface area contributed by atoms with Crippen LogP contribution in [0.4, 0.5) is 0 Å². The van der Waals surface area contributed by atoms with Crippen LogP contribution in [0.1, 0.15) is 17.5 Å². The molecule has 2 aromatic rings. The first kappa shape index (κ1) is 18.2. The number of β-amino-alcohol motifs (C(OH)–C–C–N with tert-alkyl or cyclic N) is 1. The maximum atomic E-state index is 12.1. The predicted molar refractivity (Wildman–Crippen MR) is 98.0 cm³/mol. The molecular formula is C20H24N2O4. The summed E-state index contributed by atoms with van der Waals surface area (Å²) < 4.78 is 11.2. The van der Waals surface area contributed by atoms with E-state index in [0.29, 0.717) is 37.6 Å². The van der Waals surface area contributed by atoms with Crippen LogP contribution in [-0.2, 0) is 17.9 Å². The van der Waals surface area contributed by atoms with Crippen molar-refractivity contribution in [2.75, 3.05) is 13.7 Å². The fourth-order valence-corrected chi connectivity index (χ4v) is 2.91. The molecule has 2 aromatic carbocycles. The molecule has 0 radical (unpaired) electrons. The van der Waals surface area contributed by atoms with Gasteiger partial charge >= 0.3 is 0 Å². The third kappa shape index (κ3) is 4.74. The van der Waals surface area contributed by atoms with E-state index in [2.05, 4.69) is 10.6 Å². The number of ether oxygens (including phenoxy) is 2. The van der Waals surface area contributed by atoms with E-state index >= 15 is 0 Å². The van der Waals surface area contributed by atoms with Gasteiger partial charge < -0.3 is 25.2 Å². The van der Waals surface area contributed by atoms with Crippen LogP contribution in [0.2, 0.25) is 0 Å². The van der Waals surface area contributed by atoms with Gasteiger partial charge in [-0.25, -0.2) is 0 Å². The Morgan fingerprint density at radius 1 is 1.19 bits per heavy atom. The Bertz CT molecular complexity index is 736. The number of hydrogen-bond acceptors (Lipinski definition) is 5. The Morgan fingerprint density at radius 3 is 2.69 bits per heavy atom. The maximum absolute atomic E-state index is 12.1. The first-order valence-corrected chi connectivity index (χ1v) is 8.68. The number of amides is 1. The number of nitrogens with one attached hydrogen (secondary N) is 2. The van der Waals surface area contributed by atoms with Crippen molar-refractivity contribution in [1.82, 2.24) is 10.6 Å². The fraction of sp³-hybridized carbons (Fsp3) is 0.350. The van der Waals surface area contributed by atoms with Crippen LogP contribution in [-0.4, -0.2) is 36.8 Å². The van der Waals surface area contributed by atoms with Gasteiger partial charge in [0.25, 0.3) is 0 Å². The van der Waals surface area contributed by atoms with E-state index in [4.69, 9.17) is 9.47 Å². The smallest absolute Gasteiger partial charge is 0.237 e. The third-order valence-corrected chi connectivity index (χ3v) is 4.36. The minimum absolute atomic E-state index is 0.107. The van der Waals surface area contributed by atoms with Gasteiger partial charge in [-0.3, -0.25) is 4.79 Å². The summed E-state index contributed by atoms with van der Waals surface area (Å²) in [5.74, 6) is 1.18. The van der Waals surface area contributed by atoms with Gasteiger partial charge in [0.2, 0.25) is 5.91 Å². The lowest BCUT2D eigenvalue weighted by Gasteiger charge is -2.14. The van der Waals surface area contributed by atoms with Crippen LogP contribution in [0.5, 0.6) is 11.5 Å². The zero-order valence-corrected chi connectivity index (χ0v) is 14.8. The van der Waals surface area contributed by atoms with Crippen molar-refractivity contribution >= 4 is 5.91 Å². The molecule has 138 valence electrons.